The first-order valence-electron chi connectivity index (χ1n) is 4.87. The van der Waals surface area contributed by atoms with Crippen molar-refractivity contribution in [3.05, 3.63) is 34.7 Å². The summed E-state index contributed by atoms with van der Waals surface area (Å²) in [4.78, 5) is 12.2. The van der Waals surface area contributed by atoms with Gasteiger partial charge in [0.15, 0.2) is 5.89 Å². The minimum Gasteiger partial charge on any atom is -0.446 e. The topological polar surface area (TPSA) is 63.8 Å². The summed E-state index contributed by atoms with van der Waals surface area (Å²) in [5, 5.41) is 3.10. The number of hydrogen-bond donors (Lipinski definition) is 1. The minimum atomic E-state index is 0.611. The van der Waals surface area contributed by atoms with E-state index in [-0.39, 0.29) is 0 Å². The molecule has 0 bridgehead atoms. The summed E-state index contributed by atoms with van der Waals surface area (Å²) in [7, 11) is 0. The van der Waals surface area contributed by atoms with Crippen LogP contribution in [0.5, 0.6) is 0 Å². The lowest BCUT2D eigenvalue weighted by molar-refractivity contribution is 0.477. The fourth-order valence-electron chi connectivity index (χ4n) is 1.22. The normalized spacial score (nSPS) is 10.4. The molecule has 0 saturated carbocycles. The van der Waals surface area contributed by atoms with Crippen LogP contribution in [0.25, 0.3) is 0 Å². The predicted molar refractivity (Wildman–Crippen MR) is 63.2 cm³/mol. The van der Waals surface area contributed by atoms with Crippen molar-refractivity contribution in [1.82, 2.24) is 15.0 Å². The number of nitrogens with zero attached hydrogens (tertiary/aromatic N) is 3. The highest BCUT2D eigenvalue weighted by molar-refractivity contribution is 9.10. The van der Waals surface area contributed by atoms with Gasteiger partial charge in [-0.25, -0.2) is 15.0 Å². The lowest BCUT2D eigenvalue weighted by atomic mass is 10.3. The van der Waals surface area contributed by atoms with Crippen LogP contribution in [0.3, 0.4) is 0 Å². The van der Waals surface area contributed by atoms with Crippen molar-refractivity contribution in [2.45, 2.75) is 13.3 Å². The zero-order chi connectivity index (χ0) is 11.4. The van der Waals surface area contributed by atoms with E-state index >= 15 is 0 Å². The Hall–Kier alpha value is -1.43. The number of halogens is 1. The van der Waals surface area contributed by atoms with Gasteiger partial charge in [0.05, 0.1) is 10.7 Å². The molecule has 0 aliphatic rings. The summed E-state index contributed by atoms with van der Waals surface area (Å²) in [5.74, 6) is 2.16. The molecule has 1 N–H and O–H groups in total. The SMILES string of the molecule is Cc1ncc(CCNc2ncc(Br)cn2)o1. The maximum Gasteiger partial charge on any atom is 0.222 e. The number of hydrogen-bond acceptors (Lipinski definition) is 5. The van der Waals surface area contributed by atoms with Crippen LogP contribution in [-0.4, -0.2) is 21.5 Å². The second-order valence-corrected chi connectivity index (χ2v) is 4.16. The van der Waals surface area contributed by atoms with E-state index in [0.717, 1.165) is 23.2 Å². The molecule has 2 rings (SSSR count). The van der Waals surface area contributed by atoms with E-state index in [1.54, 1.807) is 18.6 Å². The van der Waals surface area contributed by atoms with Crippen LogP contribution < -0.4 is 5.32 Å². The molecule has 2 heterocycles. The number of aromatic nitrogens is 3. The Kier molecular flexibility index (Phi) is 3.51. The smallest absolute Gasteiger partial charge is 0.222 e. The highest BCUT2D eigenvalue weighted by atomic mass is 79.9. The van der Waals surface area contributed by atoms with Gasteiger partial charge in [-0.05, 0) is 15.9 Å². The average molecular weight is 283 g/mol. The van der Waals surface area contributed by atoms with Gasteiger partial charge in [-0.3, -0.25) is 0 Å². The number of nitrogens with one attached hydrogen (secondary N) is 1. The average Bonchev–Trinajstić information content (AvgIpc) is 2.67. The molecule has 0 amide bonds. The number of rotatable bonds is 4. The predicted octanol–water partition coefficient (Wildman–Crippen LogP) is 2.19. The Bertz CT molecular complexity index is 454. The fraction of sp³-hybridized carbons (Fsp3) is 0.300. The van der Waals surface area contributed by atoms with Crippen molar-refractivity contribution >= 4 is 21.9 Å². The van der Waals surface area contributed by atoms with Gasteiger partial charge in [-0.15, -0.1) is 0 Å². The van der Waals surface area contributed by atoms with Gasteiger partial charge in [0, 0.05) is 32.3 Å². The highest BCUT2D eigenvalue weighted by Crippen LogP contribution is 2.07. The molecule has 0 radical (unpaired) electrons. The molecular weight excluding hydrogens is 272 g/mol. The van der Waals surface area contributed by atoms with Gasteiger partial charge in [0.1, 0.15) is 5.76 Å². The quantitative estimate of drug-likeness (QED) is 0.931. The minimum absolute atomic E-state index is 0.611. The molecule has 0 aliphatic heterocycles. The molecule has 0 atom stereocenters. The monoisotopic (exact) mass is 282 g/mol. The van der Waals surface area contributed by atoms with E-state index < -0.39 is 0 Å². The van der Waals surface area contributed by atoms with Gasteiger partial charge >= 0.3 is 0 Å². The third-order valence-corrected chi connectivity index (χ3v) is 2.35. The summed E-state index contributed by atoms with van der Waals surface area (Å²) < 4.78 is 6.21. The highest BCUT2D eigenvalue weighted by Gasteiger charge is 2.00. The molecule has 0 unspecified atom stereocenters. The van der Waals surface area contributed by atoms with E-state index in [1.807, 2.05) is 6.92 Å². The van der Waals surface area contributed by atoms with E-state index in [2.05, 4.69) is 36.2 Å². The molecule has 2 aromatic rings. The summed E-state index contributed by atoms with van der Waals surface area (Å²) in [5.41, 5.74) is 0. The summed E-state index contributed by atoms with van der Waals surface area (Å²) >= 11 is 3.28. The maximum absolute atomic E-state index is 5.34. The van der Waals surface area contributed by atoms with Crippen molar-refractivity contribution < 1.29 is 4.42 Å². The molecule has 84 valence electrons. The van der Waals surface area contributed by atoms with E-state index in [0.29, 0.717) is 11.8 Å². The van der Waals surface area contributed by atoms with Crippen LogP contribution >= 0.6 is 15.9 Å². The van der Waals surface area contributed by atoms with Crippen LogP contribution in [0.15, 0.2) is 27.5 Å². The zero-order valence-corrected chi connectivity index (χ0v) is 10.4. The van der Waals surface area contributed by atoms with Crippen LogP contribution in [0.1, 0.15) is 11.7 Å². The molecule has 5 nitrogen and oxygen atoms in total. The molecule has 16 heavy (non-hydrogen) atoms. The number of oxazole rings is 1. The van der Waals surface area contributed by atoms with Crippen molar-refractivity contribution in [3.63, 3.8) is 0 Å². The fourth-order valence-corrected chi connectivity index (χ4v) is 1.43. The summed E-state index contributed by atoms with van der Waals surface area (Å²) in [6.45, 7) is 2.55. The standard InChI is InChI=1S/C10H11BrN4O/c1-7-13-6-9(16-7)2-3-12-10-14-4-8(11)5-15-10/h4-6H,2-3H2,1H3,(H,12,14,15). The second-order valence-electron chi connectivity index (χ2n) is 3.25. The molecule has 6 heteroatoms. The Balaban J connectivity index is 1.82. The molecular formula is C10H11BrN4O. The van der Waals surface area contributed by atoms with Crippen molar-refractivity contribution in [2.24, 2.45) is 0 Å². The summed E-state index contributed by atoms with van der Waals surface area (Å²) in [6, 6.07) is 0. The largest absolute Gasteiger partial charge is 0.446 e. The van der Waals surface area contributed by atoms with Gasteiger partial charge in [0.25, 0.3) is 0 Å². The third kappa shape index (κ3) is 3.03. The molecule has 2 aromatic heterocycles. The molecule has 0 fully saturated rings. The van der Waals surface area contributed by atoms with Crippen LogP contribution in [0, 0.1) is 6.92 Å². The van der Waals surface area contributed by atoms with Crippen molar-refractivity contribution in [1.29, 1.82) is 0 Å². The van der Waals surface area contributed by atoms with Crippen LogP contribution in [-0.2, 0) is 6.42 Å². The van der Waals surface area contributed by atoms with Crippen molar-refractivity contribution in [3.8, 4) is 0 Å². The third-order valence-electron chi connectivity index (χ3n) is 1.94. The van der Waals surface area contributed by atoms with E-state index in [1.165, 1.54) is 0 Å². The number of anilines is 1. The first-order chi connectivity index (χ1) is 7.74. The van der Waals surface area contributed by atoms with Gasteiger partial charge < -0.3 is 9.73 Å². The first kappa shape index (κ1) is 11.1. The zero-order valence-electron chi connectivity index (χ0n) is 8.77. The molecule has 0 aliphatic carbocycles. The van der Waals surface area contributed by atoms with Gasteiger partial charge in [0.2, 0.25) is 5.95 Å². The second kappa shape index (κ2) is 5.07. The Labute approximate surface area is 101 Å². The Morgan fingerprint density at radius 3 is 2.62 bits per heavy atom. The molecule has 0 spiro atoms. The van der Waals surface area contributed by atoms with Crippen LogP contribution in [0.2, 0.25) is 0 Å². The Morgan fingerprint density at radius 2 is 2.00 bits per heavy atom. The lowest BCUT2D eigenvalue weighted by Gasteiger charge is -2.02. The van der Waals surface area contributed by atoms with Gasteiger partial charge in [-0.1, -0.05) is 0 Å². The van der Waals surface area contributed by atoms with Gasteiger partial charge in [-0.2, -0.15) is 0 Å². The van der Waals surface area contributed by atoms with Crippen LogP contribution in [0.4, 0.5) is 5.95 Å². The first-order valence-corrected chi connectivity index (χ1v) is 5.66. The van der Waals surface area contributed by atoms with E-state index in [4.69, 9.17) is 4.42 Å². The number of aryl methyl sites for hydroxylation is 1. The Morgan fingerprint density at radius 1 is 1.25 bits per heavy atom. The maximum atomic E-state index is 5.34. The summed E-state index contributed by atoms with van der Waals surface area (Å²) in [6.07, 6.45) is 5.90. The molecule has 0 saturated heterocycles. The van der Waals surface area contributed by atoms with Crippen molar-refractivity contribution in [2.75, 3.05) is 11.9 Å². The molecule has 0 aromatic carbocycles. The van der Waals surface area contributed by atoms with E-state index in [9.17, 15) is 0 Å². The lowest BCUT2D eigenvalue weighted by Crippen LogP contribution is -2.07.